The van der Waals surface area contributed by atoms with E-state index in [9.17, 15) is 0 Å². The number of aromatic nitrogens is 1. The molecule has 0 saturated carbocycles. The number of nitrogens with two attached hydrogens (primary N) is 1. The van der Waals surface area contributed by atoms with Crippen molar-refractivity contribution < 1.29 is 4.74 Å². The van der Waals surface area contributed by atoms with E-state index in [0.717, 1.165) is 5.56 Å². The SMILES string of the molecule is Cc1cnc(Oc2cc(Cl)c(Br)cc2Cl)c(N)c1. The van der Waals surface area contributed by atoms with Gasteiger partial charge in [-0.15, -0.1) is 0 Å². The van der Waals surface area contributed by atoms with Gasteiger partial charge in [0, 0.05) is 16.7 Å². The van der Waals surface area contributed by atoms with Crippen LogP contribution in [0.5, 0.6) is 11.6 Å². The Balaban J connectivity index is 2.37. The van der Waals surface area contributed by atoms with Crippen molar-refractivity contribution in [2.24, 2.45) is 0 Å². The maximum atomic E-state index is 6.05. The van der Waals surface area contributed by atoms with Crippen LogP contribution in [0, 0.1) is 6.92 Å². The topological polar surface area (TPSA) is 48.1 Å². The lowest BCUT2D eigenvalue weighted by Gasteiger charge is -2.10. The van der Waals surface area contributed by atoms with E-state index in [1.54, 1.807) is 24.4 Å². The lowest BCUT2D eigenvalue weighted by Crippen LogP contribution is -1.96. The maximum Gasteiger partial charge on any atom is 0.242 e. The van der Waals surface area contributed by atoms with Gasteiger partial charge in [0.25, 0.3) is 0 Å². The predicted octanol–water partition coefficient (Wildman–Crippen LogP) is 4.83. The molecular weight excluding hydrogens is 339 g/mol. The van der Waals surface area contributed by atoms with Crippen LogP contribution in [0.2, 0.25) is 10.0 Å². The Morgan fingerprint density at radius 1 is 1.22 bits per heavy atom. The smallest absolute Gasteiger partial charge is 0.242 e. The van der Waals surface area contributed by atoms with E-state index in [0.29, 0.717) is 31.8 Å². The van der Waals surface area contributed by atoms with Crippen molar-refractivity contribution >= 4 is 44.8 Å². The Morgan fingerprint density at radius 2 is 1.94 bits per heavy atom. The van der Waals surface area contributed by atoms with Crippen LogP contribution in [0.1, 0.15) is 5.56 Å². The van der Waals surface area contributed by atoms with E-state index in [4.69, 9.17) is 33.7 Å². The summed E-state index contributed by atoms with van der Waals surface area (Å²) >= 11 is 15.3. The first kappa shape index (κ1) is 13.5. The molecule has 0 fully saturated rings. The summed E-state index contributed by atoms with van der Waals surface area (Å²) in [5.41, 5.74) is 7.22. The first-order chi connectivity index (χ1) is 8.47. The van der Waals surface area contributed by atoms with Gasteiger partial charge in [-0.3, -0.25) is 0 Å². The molecule has 94 valence electrons. The Hall–Kier alpha value is -0.970. The molecule has 0 aliphatic rings. The standard InChI is InChI=1S/C12H9BrCl2N2O/c1-6-2-10(16)12(17-5-6)18-11-4-8(14)7(13)3-9(11)15/h2-5H,16H2,1H3. The highest BCUT2D eigenvalue weighted by molar-refractivity contribution is 9.10. The van der Waals surface area contributed by atoms with Crippen LogP contribution in [0.4, 0.5) is 5.69 Å². The summed E-state index contributed by atoms with van der Waals surface area (Å²) in [5.74, 6) is 0.716. The molecule has 1 aromatic carbocycles. The van der Waals surface area contributed by atoms with Crippen LogP contribution in [0.15, 0.2) is 28.9 Å². The molecule has 1 heterocycles. The monoisotopic (exact) mass is 346 g/mol. The molecule has 0 radical (unpaired) electrons. The van der Waals surface area contributed by atoms with Gasteiger partial charge < -0.3 is 10.5 Å². The lowest BCUT2D eigenvalue weighted by molar-refractivity contribution is 0.465. The second kappa shape index (κ2) is 5.34. The van der Waals surface area contributed by atoms with Crippen molar-refractivity contribution in [1.29, 1.82) is 0 Å². The second-order valence-corrected chi connectivity index (χ2v) is 5.37. The summed E-state index contributed by atoms with van der Waals surface area (Å²) in [4.78, 5) is 4.11. The van der Waals surface area contributed by atoms with Crippen LogP contribution in [-0.4, -0.2) is 4.98 Å². The number of nitrogens with zero attached hydrogens (tertiary/aromatic N) is 1. The number of hydrogen-bond donors (Lipinski definition) is 1. The Labute approximate surface area is 123 Å². The van der Waals surface area contributed by atoms with Gasteiger partial charge in [-0.05, 0) is 40.5 Å². The number of ether oxygens (including phenoxy) is 1. The molecule has 0 atom stereocenters. The first-order valence-corrected chi connectivity index (χ1v) is 6.57. The van der Waals surface area contributed by atoms with E-state index in [-0.39, 0.29) is 0 Å². The fourth-order valence-electron chi connectivity index (χ4n) is 1.35. The zero-order chi connectivity index (χ0) is 13.3. The van der Waals surface area contributed by atoms with Crippen LogP contribution < -0.4 is 10.5 Å². The Morgan fingerprint density at radius 3 is 2.61 bits per heavy atom. The van der Waals surface area contributed by atoms with Crippen molar-refractivity contribution in [1.82, 2.24) is 4.98 Å². The summed E-state index contributed by atoms with van der Waals surface area (Å²) in [5, 5.41) is 0.924. The third-order valence-corrected chi connectivity index (χ3v) is 3.69. The summed E-state index contributed by atoms with van der Waals surface area (Å²) < 4.78 is 6.26. The highest BCUT2D eigenvalue weighted by Gasteiger charge is 2.10. The van der Waals surface area contributed by atoms with E-state index in [1.165, 1.54) is 0 Å². The summed E-state index contributed by atoms with van der Waals surface area (Å²) in [7, 11) is 0. The van der Waals surface area contributed by atoms with Gasteiger partial charge in [-0.1, -0.05) is 23.2 Å². The van der Waals surface area contributed by atoms with Gasteiger partial charge in [0.05, 0.1) is 15.7 Å². The molecule has 0 spiro atoms. The summed E-state index contributed by atoms with van der Waals surface area (Å²) in [6.07, 6.45) is 1.67. The normalized spacial score (nSPS) is 10.4. The number of benzene rings is 1. The van der Waals surface area contributed by atoms with Gasteiger partial charge in [-0.2, -0.15) is 0 Å². The number of pyridine rings is 1. The van der Waals surface area contributed by atoms with Crippen LogP contribution >= 0.6 is 39.1 Å². The molecule has 2 rings (SSSR count). The second-order valence-electron chi connectivity index (χ2n) is 3.71. The minimum atomic E-state index is 0.306. The molecule has 6 heteroatoms. The van der Waals surface area contributed by atoms with Crippen molar-refractivity contribution in [2.45, 2.75) is 6.92 Å². The number of hydrogen-bond acceptors (Lipinski definition) is 3. The molecule has 0 amide bonds. The number of rotatable bonds is 2. The zero-order valence-electron chi connectivity index (χ0n) is 9.38. The van der Waals surface area contributed by atoms with Gasteiger partial charge in [0.2, 0.25) is 5.88 Å². The highest BCUT2D eigenvalue weighted by Crippen LogP contribution is 2.37. The molecule has 0 saturated heterocycles. The van der Waals surface area contributed by atoms with E-state index in [2.05, 4.69) is 20.9 Å². The molecule has 18 heavy (non-hydrogen) atoms. The summed E-state index contributed by atoms with van der Waals surface area (Å²) in [6, 6.07) is 5.04. The third kappa shape index (κ3) is 2.88. The molecule has 3 nitrogen and oxygen atoms in total. The van der Waals surface area contributed by atoms with Crippen LogP contribution in [0.3, 0.4) is 0 Å². The van der Waals surface area contributed by atoms with E-state index >= 15 is 0 Å². The number of anilines is 1. The molecule has 0 bridgehead atoms. The number of nitrogen functional groups attached to an aromatic ring is 1. The molecule has 0 aliphatic heterocycles. The Bertz CT molecular complexity index is 605. The fourth-order valence-corrected chi connectivity index (χ4v) is 2.18. The largest absolute Gasteiger partial charge is 0.435 e. The minimum Gasteiger partial charge on any atom is -0.435 e. The van der Waals surface area contributed by atoms with Crippen LogP contribution in [-0.2, 0) is 0 Å². The van der Waals surface area contributed by atoms with Crippen LogP contribution in [0.25, 0.3) is 0 Å². The van der Waals surface area contributed by atoms with Crippen molar-refractivity contribution in [3.8, 4) is 11.6 Å². The van der Waals surface area contributed by atoms with Gasteiger partial charge in [0.1, 0.15) is 5.75 Å². The third-order valence-electron chi connectivity index (χ3n) is 2.20. The van der Waals surface area contributed by atoms with Crippen molar-refractivity contribution in [2.75, 3.05) is 5.73 Å². The van der Waals surface area contributed by atoms with Gasteiger partial charge >= 0.3 is 0 Å². The average molecular weight is 348 g/mol. The number of halogens is 3. The predicted molar refractivity (Wildman–Crippen MR) is 77.6 cm³/mol. The maximum absolute atomic E-state index is 6.05. The minimum absolute atomic E-state index is 0.306. The quantitative estimate of drug-likeness (QED) is 0.791. The average Bonchev–Trinajstić information content (AvgIpc) is 2.29. The van der Waals surface area contributed by atoms with Crippen molar-refractivity contribution in [3.63, 3.8) is 0 Å². The van der Waals surface area contributed by atoms with Crippen molar-refractivity contribution in [3.05, 3.63) is 44.5 Å². The summed E-state index contributed by atoms with van der Waals surface area (Å²) in [6.45, 7) is 1.90. The van der Waals surface area contributed by atoms with E-state index < -0.39 is 0 Å². The first-order valence-electron chi connectivity index (χ1n) is 5.02. The molecule has 2 aromatic rings. The number of aryl methyl sites for hydroxylation is 1. The van der Waals surface area contributed by atoms with E-state index in [1.807, 2.05) is 6.92 Å². The van der Waals surface area contributed by atoms with Gasteiger partial charge in [-0.25, -0.2) is 4.98 Å². The molecule has 0 unspecified atom stereocenters. The molecular formula is C12H9BrCl2N2O. The molecule has 0 aliphatic carbocycles. The fraction of sp³-hybridized carbons (Fsp3) is 0.0833. The zero-order valence-corrected chi connectivity index (χ0v) is 12.5. The highest BCUT2D eigenvalue weighted by atomic mass is 79.9. The Kier molecular flexibility index (Phi) is 4.00. The molecule has 1 aromatic heterocycles. The molecule has 2 N–H and O–H groups in total. The lowest BCUT2D eigenvalue weighted by atomic mass is 10.3. The van der Waals surface area contributed by atoms with Gasteiger partial charge in [0.15, 0.2) is 0 Å².